The van der Waals surface area contributed by atoms with Gasteiger partial charge in [0.15, 0.2) is 5.78 Å². The lowest BCUT2D eigenvalue weighted by molar-refractivity contribution is 0.0998. The van der Waals surface area contributed by atoms with E-state index < -0.39 is 11.9 Å². The maximum Gasteiger partial charge on any atom is 0.317 e. The summed E-state index contributed by atoms with van der Waals surface area (Å²) in [6.07, 6.45) is 0. The Hall–Kier alpha value is -2.83. The Bertz CT molecular complexity index is 702. The minimum atomic E-state index is -0.819. The van der Waals surface area contributed by atoms with Gasteiger partial charge in [-0.3, -0.25) is 14.9 Å². The van der Waals surface area contributed by atoms with Gasteiger partial charge in [0.25, 0.3) is 5.91 Å². The summed E-state index contributed by atoms with van der Waals surface area (Å²) in [6.45, 7) is 1.43. The number of primary amides is 2. The average Bonchev–Trinajstić information content (AvgIpc) is 2.64. The van der Waals surface area contributed by atoms with Gasteiger partial charge in [-0.15, -0.1) is 0 Å². The molecular formula is C12H12N4O3. The predicted molar refractivity (Wildman–Crippen MR) is 70.0 cm³/mol. The van der Waals surface area contributed by atoms with Crippen LogP contribution in [0.2, 0.25) is 0 Å². The Morgan fingerprint density at radius 2 is 1.89 bits per heavy atom. The highest BCUT2D eigenvalue weighted by Crippen LogP contribution is 2.26. The lowest BCUT2D eigenvalue weighted by atomic mass is 10.1. The van der Waals surface area contributed by atoms with Crippen LogP contribution in [0.5, 0.6) is 0 Å². The molecule has 0 radical (unpaired) electrons. The predicted octanol–water partition coefficient (Wildman–Crippen LogP) is 0.960. The van der Waals surface area contributed by atoms with E-state index in [2.05, 4.69) is 10.3 Å². The Morgan fingerprint density at radius 1 is 1.21 bits per heavy atom. The van der Waals surface area contributed by atoms with Crippen molar-refractivity contribution in [3.05, 3.63) is 29.3 Å². The number of nitrogens with two attached hydrogens (primary N) is 2. The van der Waals surface area contributed by atoms with Crippen LogP contribution in [0, 0.1) is 0 Å². The van der Waals surface area contributed by atoms with Crippen molar-refractivity contribution < 1.29 is 14.4 Å². The number of aromatic nitrogens is 1. The standard InChI is InChI=1S/C12H12N4O3/c1-5(17)6-2-3-7-8(4-6)15-11(16-12(14)19)9(7)10(13)18/h2-4,15H,1H3,(H2,13,18)(H3,14,16,19). The van der Waals surface area contributed by atoms with E-state index in [1.165, 1.54) is 6.92 Å². The molecule has 0 aliphatic heterocycles. The molecule has 0 fully saturated rings. The summed E-state index contributed by atoms with van der Waals surface area (Å²) in [5.41, 5.74) is 11.4. The Morgan fingerprint density at radius 3 is 2.42 bits per heavy atom. The van der Waals surface area contributed by atoms with Gasteiger partial charge in [0.05, 0.1) is 5.56 Å². The highest BCUT2D eigenvalue weighted by molar-refractivity contribution is 6.13. The van der Waals surface area contributed by atoms with Crippen LogP contribution in [0.4, 0.5) is 10.6 Å². The normalized spacial score (nSPS) is 10.4. The molecule has 0 aliphatic carbocycles. The van der Waals surface area contributed by atoms with Gasteiger partial charge in [-0.05, 0) is 13.0 Å². The van der Waals surface area contributed by atoms with Gasteiger partial charge >= 0.3 is 6.03 Å². The summed E-state index contributed by atoms with van der Waals surface area (Å²) in [7, 11) is 0. The third-order valence-electron chi connectivity index (χ3n) is 2.70. The molecule has 98 valence electrons. The lowest BCUT2D eigenvalue weighted by Gasteiger charge is -2.00. The van der Waals surface area contributed by atoms with Crippen LogP contribution in [0.3, 0.4) is 0 Å². The zero-order valence-electron chi connectivity index (χ0n) is 10.1. The van der Waals surface area contributed by atoms with Gasteiger partial charge in [-0.2, -0.15) is 0 Å². The monoisotopic (exact) mass is 260 g/mol. The number of ketones is 1. The van der Waals surface area contributed by atoms with Gasteiger partial charge in [0.2, 0.25) is 0 Å². The van der Waals surface area contributed by atoms with Gasteiger partial charge in [-0.25, -0.2) is 4.79 Å². The van der Waals surface area contributed by atoms with E-state index in [1.807, 2.05) is 0 Å². The molecule has 0 unspecified atom stereocenters. The van der Waals surface area contributed by atoms with Crippen molar-refractivity contribution in [3.8, 4) is 0 Å². The Kier molecular flexibility index (Phi) is 2.95. The van der Waals surface area contributed by atoms with Crippen molar-refractivity contribution in [2.45, 2.75) is 6.92 Å². The van der Waals surface area contributed by atoms with Crippen LogP contribution >= 0.6 is 0 Å². The zero-order chi connectivity index (χ0) is 14.2. The van der Waals surface area contributed by atoms with Crippen LogP contribution in [0.1, 0.15) is 27.6 Å². The number of nitrogens with one attached hydrogen (secondary N) is 2. The first-order valence-electron chi connectivity index (χ1n) is 5.43. The van der Waals surface area contributed by atoms with Gasteiger partial charge in [0.1, 0.15) is 5.82 Å². The number of anilines is 1. The fourth-order valence-corrected chi connectivity index (χ4v) is 1.89. The van der Waals surface area contributed by atoms with E-state index in [1.54, 1.807) is 18.2 Å². The number of benzene rings is 1. The molecule has 1 aromatic carbocycles. The lowest BCUT2D eigenvalue weighted by Crippen LogP contribution is -2.22. The number of hydrogen-bond donors (Lipinski definition) is 4. The summed E-state index contributed by atoms with van der Waals surface area (Å²) in [4.78, 5) is 36.4. The van der Waals surface area contributed by atoms with E-state index in [-0.39, 0.29) is 17.2 Å². The van der Waals surface area contributed by atoms with Crippen molar-refractivity contribution >= 4 is 34.4 Å². The van der Waals surface area contributed by atoms with Crippen molar-refractivity contribution in [2.24, 2.45) is 11.5 Å². The summed E-state index contributed by atoms with van der Waals surface area (Å²) >= 11 is 0. The quantitative estimate of drug-likeness (QED) is 0.613. The molecule has 0 atom stereocenters. The summed E-state index contributed by atoms with van der Waals surface area (Å²) in [6, 6.07) is 3.94. The average molecular weight is 260 g/mol. The number of amides is 3. The van der Waals surface area contributed by atoms with E-state index in [0.717, 1.165) is 0 Å². The Labute approximate surface area is 107 Å². The molecule has 2 aromatic rings. The van der Waals surface area contributed by atoms with Gasteiger partial charge in [-0.1, -0.05) is 12.1 Å². The Balaban J connectivity index is 2.68. The number of carbonyl (C=O) groups excluding carboxylic acids is 3. The minimum absolute atomic E-state index is 0.110. The molecule has 1 heterocycles. The van der Waals surface area contributed by atoms with Gasteiger partial charge < -0.3 is 16.5 Å². The van der Waals surface area contributed by atoms with Crippen LogP contribution < -0.4 is 16.8 Å². The highest BCUT2D eigenvalue weighted by Gasteiger charge is 2.17. The van der Waals surface area contributed by atoms with Crippen LogP contribution in [-0.2, 0) is 0 Å². The number of rotatable bonds is 3. The molecule has 6 N–H and O–H groups in total. The molecule has 0 saturated carbocycles. The molecule has 0 aliphatic rings. The molecule has 7 heteroatoms. The number of Topliss-reactive ketones (excluding diaryl/α,β-unsaturated/α-hetero) is 1. The maximum atomic E-state index is 11.4. The molecule has 0 saturated heterocycles. The van der Waals surface area contributed by atoms with Crippen LogP contribution in [0.25, 0.3) is 10.9 Å². The van der Waals surface area contributed by atoms with Crippen LogP contribution in [0.15, 0.2) is 18.2 Å². The number of H-pyrrole nitrogens is 1. The second-order valence-electron chi connectivity index (χ2n) is 4.05. The molecule has 1 aromatic heterocycles. The molecule has 7 nitrogen and oxygen atoms in total. The molecule has 0 spiro atoms. The first-order valence-corrected chi connectivity index (χ1v) is 5.43. The first kappa shape index (κ1) is 12.6. The number of carbonyl (C=O) groups is 3. The second-order valence-corrected chi connectivity index (χ2v) is 4.05. The van der Waals surface area contributed by atoms with Crippen molar-refractivity contribution in [2.75, 3.05) is 5.32 Å². The fourth-order valence-electron chi connectivity index (χ4n) is 1.89. The summed E-state index contributed by atoms with van der Waals surface area (Å²) < 4.78 is 0. The summed E-state index contributed by atoms with van der Waals surface area (Å²) in [5, 5.41) is 2.81. The van der Waals surface area contributed by atoms with Crippen molar-refractivity contribution in [1.82, 2.24) is 4.98 Å². The third-order valence-corrected chi connectivity index (χ3v) is 2.70. The number of aromatic amines is 1. The van der Waals surface area contributed by atoms with Gasteiger partial charge in [0, 0.05) is 16.5 Å². The first-order chi connectivity index (χ1) is 8.90. The second kappa shape index (κ2) is 4.45. The molecule has 2 rings (SSSR count). The largest absolute Gasteiger partial charge is 0.365 e. The van der Waals surface area contributed by atoms with E-state index in [0.29, 0.717) is 16.5 Å². The molecule has 19 heavy (non-hydrogen) atoms. The summed E-state index contributed by atoms with van der Waals surface area (Å²) in [5.74, 6) is -0.692. The number of urea groups is 1. The topological polar surface area (TPSA) is 131 Å². The highest BCUT2D eigenvalue weighted by atomic mass is 16.2. The maximum absolute atomic E-state index is 11.4. The van der Waals surface area contributed by atoms with E-state index >= 15 is 0 Å². The number of fused-ring (bicyclic) bond motifs is 1. The number of hydrogen-bond acceptors (Lipinski definition) is 3. The third kappa shape index (κ3) is 2.25. The molecule has 3 amide bonds. The van der Waals surface area contributed by atoms with E-state index in [4.69, 9.17) is 11.5 Å². The fraction of sp³-hybridized carbons (Fsp3) is 0.0833. The zero-order valence-corrected chi connectivity index (χ0v) is 10.1. The minimum Gasteiger partial charge on any atom is -0.365 e. The van der Waals surface area contributed by atoms with Crippen molar-refractivity contribution in [3.63, 3.8) is 0 Å². The van der Waals surface area contributed by atoms with E-state index in [9.17, 15) is 14.4 Å². The van der Waals surface area contributed by atoms with Crippen LogP contribution in [-0.4, -0.2) is 22.7 Å². The SMILES string of the molecule is CC(=O)c1ccc2c(C(N)=O)c(NC(N)=O)[nH]c2c1. The van der Waals surface area contributed by atoms with Crippen molar-refractivity contribution in [1.29, 1.82) is 0 Å². The molecular weight excluding hydrogens is 248 g/mol. The molecule has 0 bridgehead atoms. The smallest absolute Gasteiger partial charge is 0.317 e.